The second-order valence-corrected chi connectivity index (χ2v) is 11.8. The number of ether oxygens (including phenoxy) is 2. The average Bonchev–Trinajstić information content (AvgIpc) is 3.69. The van der Waals surface area contributed by atoms with E-state index in [1.54, 1.807) is 47.9 Å². The van der Waals surface area contributed by atoms with Crippen molar-refractivity contribution < 1.29 is 24.2 Å². The molecule has 1 aliphatic heterocycles. The number of hydrogen-bond donors (Lipinski definition) is 1. The highest BCUT2D eigenvalue weighted by Crippen LogP contribution is 2.36. The fourth-order valence-corrected chi connectivity index (χ4v) is 6.75. The molecule has 0 radical (unpaired) electrons. The Balaban J connectivity index is 1.37. The molecule has 0 bridgehead atoms. The molecule has 0 unspecified atom stereocenters. The van der Waals surface area contributed by atoms with Crippen LogP contribution in [-0.4, -0.2) is 28.2 Å². The summed E-state index contributed by atoms with van der Waals surface area (Å²) < 4.78 is 13.4. The van der Waals surface area contributed by atoms with Crippen molar-refractivity contribution in [1.82, 2.24) is 4.57 Å². The Bertz CT molecular complexity index is 2040. The van der Waals surface area contributed by atoms with Gasteiger partial charge in [0.05, 0.1) is 28.0 Å². The Morgan fingerprint density at radius 2 is 1.80 bits per heavy atom. The van der Waals surface area contributed by atoms with Crippen LogP contribution >= 0.6 is 22.7 Å². The zero-order valence-electron chi connectivity index (χ0n) is 23.5. The molecule has 1 aliphatic rings. The Kier molecular flexibility index (Phi) is 8.36. The molecule has 10 heteroatoms. The van der Waals surface area contributed by atoms with Crippen LogP contribution in [0.3, 0.4) is 0 Å². The van der Waals surface area contributed by atoms with Crippen molar-refractivity contribution in [1.29, 1.82) is 0 Å². The van der Waals surface area contributed by atoms with E-state index in [9.17, 15) is 19.5 Å². The van der Waals surface area contributed by atoms with Crippen molar-refractivity contribution in [2.75, 3.05) is 6.61 Å². The number of benzene rings is 3. The maximum absolute atomic E-state index is 13.9. The van der Waals surface area contributed by atoms with Gasteiger partial charge in [-0.15, -0.1) is 11.3 Å². The number of aromatic nitrogens is 1. The lowest BCUT2D eigenvalue weighted by molar-refractivity contribution is -0.138. The predicted molar refractivity (Wildman–Crippen MR) is 170 cm³/mol. The predicted octanol–water partition coefficient (Wildman–Crippen LogP) is 5.27. The van der Waals surface area contributed by atoms with Crippen molar-refractivity contribution >= 4 is 46.4 Å². The number of carbonyl (C=O) groups excluding carboxylic acids is 1. The highest BCUT2D eigenvalue weighted by Gasteiger charge is 2.35. The zero-order chi connectivity index (χ0) is 30.6. The summed E-state index contributed by atoms with van der Waals surface area (Å²) in [5.74, 6) is -0.890. The molecule has 2 aromatic heterocycles. The monoisotopic (exact) mass is 622 g/mol. The van der Waals surface area contributed by atoms with Crippen molar-refractivity contribution in [3.05, 3.63) is 149 Å². The van der Waals surface area contributed by atoms with E-state index in [0.717, 1.165) is 21.6 Å². The van der Waals surface area contributed by atoms with E-state index >= 15 is 0 Å². The lowest BCUT2D eigenvalue weighted by Crippen LogP contribution is -2.39. The highest BCUT2D eigenvalue weighted by molar-refractivity contribution is 7.10. The SMILES string of the molecule is CCOC(=O)C1=C(c2ccccc2)N=c2s/c(=C\c3ccc(OCc4cccc(C(=O)O)c4)cc3)c(=O)n2[C@H]1c1cccs1. The van der Waals surface area contributed by atoms with E-state index < -0.39 is 18.0 Å². The van der Waals surface area contributed by atoms with Crippen molar-refractivity contribution in [2.24, 2.45) is 4.99 Å². The minimum atomic E-state index is -0.989. The molecule has 0 saturated carbocycles. The molecular formula is C34H26N2O6S2. The topological polar surface area (TPSA) is 107 Å². The van der Waals surface area contributed by atoms with Gasteiger partial charge in [0.15, 0.2) is 4.80 Å². The smallest absolute Gasteiger partial charge is 0.338 e. The highest BCUT2D eigenvalue weighted by atomic mass is 32.1. The number of thiazole rings is 1. The van der Waals surface area contributed by atoms with E-state index in [2.05, 4.69) is 0 Å². The molecule has 0 saturated heterocycles. The Morgan fingerprint density at radius 3 is 2.50 bits per heavy atom. The molecule has 0 amide bonds. The number of esters is 1. The quantitative estimate of drug-likeness (QED) is 0.225. The maximum Gasteiger partial charge on any atom is 0.338 e. The summed E-state index contributed by atoms with van der Waals surface area (Å²) in [6, 6.07) is 26.5. The van der Waals surface area contributed by atoms with Gasteiger partial charge in [-0.3, -0.25) is 9.36 Å². The Hall–Kier alpha value is -5.06. The average molecular weight is 623 g/mol. The third-order valence-corrected chi connectivity index (χ3v) is 8.85. The van der Waals surface area contributed by atoms with Crippen LogP contribution in [0.5, 0.6) is 5.75 Å². The Morgan fingerprint density at radius 1 is 1.00 bits per heavy atom. The van der Waals surface area contributed by atoms with Gasteiger partial charge in [0.1, 0.15) is 18.4 Å². The number of aromatic carboxylic acids is 1. The normalized spacial score (nSPS) is 14.6. The number of nitrogens with zero attached hydrogens (tertiary/aromatic N) is 2. The first-order valence-electron chi connectivity index (χ1n) is 13.8. The molecule has 8 nitrogen and oxygen atoms in total. The first-order chi connectivity index (χ1) is 21.4. The van der Waals surface area contributed by atoms with Crippen molar-refractivity contribution in [3.63, 3.8) is 0 Å². The number of fused-ring (bicyclic) bond motifs is 1. The molecule has 0 fully saturated rings. The number of hydrogen-bond acceptors (Lipinski definition) is 8. The van der Waals surface area contributed by atoms with Gasteiger partial charge in [-0.1, -0.05) is 72.0 Å². The van der Waals surface area contributed by atoms with Gasteiger partial charge >= 0.3 is 11.9 Å². The third-order valence-electron chi connectivity index (χ3n) is 6.94. The number of carboxylic acids is 1. The molecular weight excluding hydrogens is 597 g/mol. The van der Waals surface area contributed by atoms with Gasteiger partial charge in [0, 0.05) is 10.4 Å². The minimum absolute atomic E-state index is 0.195. The van der Waals surface area contributed by atoms with Gasteiger partial charge < -0.3 is 14.6 Å². The minimum Gasteiger partial charge on any atom is -0.489 e. The van der Waals surface area contributed by atoms with E-state index in [1.807, 2.05) is 60.0 Å². The van der Waals surface area contributed by atoms with Gasteiger partial charge in [-0.2, -0.15) is 0 Å². The summed E-state index contributed by atoms with van der Waals surface area (Å²) >= 11 is 2.73. The van der Waals surface area contributed by atoms with Crippen LogP contribution in [0.1, 0.15) is 44.9 Å². The summed E-state index contributed by atoms with van der Waals surface area (Å²) in [7, 11) is 0. The van der Waals surface area contributed by atoms with E-state index in [-0.39, 0.29) is 24.3 Å². The first kappa shape index (κ1) is 29.0. The van der Waals surface area contributed by atoms with Crippen LogP contribution in [0.15, 0.2) is 112 Å². The maximum atomic E-state index is 13.9. The molecule has 1 N–H and O–H groups in total. The van der Waals surface area contributed by atoms with Gasteiger partial charge in [-0.05, 0) is 59.8 Å². The van der Waals surface area contributed by atoms with Gasteiger partial charge in [0.2, 0.25) is 0 Å². The number of carboxylic acid groups (broad SMARTS) is 1. The largest absolute Gasteiger partial charge is 0.489 e. The fourth-order valence-electron chi connectivity index (χ4n) is 4.93. The molecule has 1 atom stereocenters. The van der Waals surface area contributed by atoms with Crippen LogP contribution in [0.2, 0.25) is 0 Å². The number of thiophene rings is 1. The van der Waals surface area contributed by atoms with E-state index in [4.69, 9.17) is 14.5 Å². The van der Waals surface area contributed by atoms with Crippen LogP contribution in [0.4, 0.5) is 0 Å². The lowest BCUT2D eigenvalue weighted by atomic mass is 9.97. The fraction of sp³-hybridized carbons (Fsp3) is 0.118. The first-order valence-corrected chi connectivity index (χ1v) is 15.5. The third kappa shape index (κ3) is 5.90. The second kappa shape index (κ2) is 12.7. The zero-order valence-corrected chi connectivity index (χ0v) is 25.1. The second-order valence-electron chi connectivity index (χ2n) is 9.81. The summed E-state index contributed by atoms with van der Waals surface area (Å²) in [6.07, 6.45) is 1.80. The van der Waals surface area contributed by atoms with Crippen LogP contribution < -0.4 is 19.6 Å². The van der Waals surface area contributed by atoms with Gasteiger partial charge in [0.25, 0.3) is 5.56 Å². The summed E-state index contributed by atoms with van der Waals surface area (Å²) in [5, 5.41) is 11.1. The molecule has 5 aromatic rings. The van der Waals surface area contributed by atoms with Crippen LogP contribution in [-0.2, 0) is 16.1 Å². The van der Waals surface area contributed by atoms with Crippen LogP contribution in [0, 0.1) is 0 Å². The van der Waals surface area contributed by atoms with E-state index in [1.165, 1.54) is 28.7 Å². The molecule has 44 heavy (non-hydrogen) atoms. The molecule has 3 aromatic carbocycles. The summed E-state index contributed by atoms with van der Waals surface area (Å²) in [4.78, 5) is 44.8. The van der Waals surface area contributed by atoms with Crippen molar-refractivity contribution in [2.45, 2.75) is 19.6 Å². The summed E-state index contributed by atoms with van der Waals surface area (Å²) in [6.45, 7) is 2.16. The van der Waals surface area contributed by atoms with Crippen LogP contribution in [0.25, 0.3) is 11.8 Å². The molecule has 3 heterocycles. The molecule has 0 spiro atoms. The number of carbonyl (C=O) groups is 2. The Labute approximate surface area is 260 Å². The van der Waals surface area contributed by atoms with Gasteiger partial charge in [-0.25, -0.2) is 14.6 Å². The molecule has 220 valence electrons. The number of rotatable bonds is 9. The standard InChI is InChI=1S/C34H26N2O6S2/c1-2-41-33(40)28-29(23-9-4-3-5-10-23)35-34-36(30(28)26-12-7-17-43-26)31(37)27(44-34)19-21-13-15-25(16-14-21)42-20-22-8-6-11-24(18-22)32(38)39/h3-19,30H,2,20H2,1H3,(H,38,39)/b27-19-/t30-/m0/s1. The lowest BCUT2D eigenvalue weighted by Gasteiger charge is -2.24. The molecule has 0 aliphatic carbocycles. The van der Waals surface area contributed by atoms with Crippen molar-refractivity contribution in [3.8, 4) is 5.75 Å². The van der Waals surface area contributed by atoms with E-state index in [0.29, 0.717) is 26.4 Å². The molecule has 6 rings (SSSR count). The summed E-state index contributed by atoms with van der Waals surface area (Å²) in [5.41, 5.74) is 3.07.